The maximum atomic E-state index is 10.2. The summed E-state index contributed by atoms with van der Waals surface area (Å²) >= 11 is 0. The van der Waals surface area contributed by atoms with Crippen molar-refractivity contribution in [3.05, 3.63) is 249 Å². The van der Waals surface area contributed by atoms with Gasteiger partial charge in [0.25, 0.3) is 0 Å². The lowest BCUT2D eigenvalue weighted by molar-refractivity contribution is 0.374. The highest BCUT2D eigenvalue weighted by Gasteiger charge is 2.47. The molecule has 0 bridgehead atoms. The lowest BCUT2D eigenvalue weighted by atomic mass is 9.91. The lowest BCUT2D eigenvalue weighted by Gasteiger charge is -2.29. The van der Waals surface area contributed by atoms with E-state index in [0.717, 1.165) is 48.9 Å². The van der Waals surface area contributed by atoms with Gasteiger partial charge in [0.2, 0.25) is 0 Å². The zero-order valence-corrected chi connectivity index (χ0v) is 86.4. The molecule has 0 amide bonds. The third-order valence-electron chi connectivity index (χ3n) is 21.8. The number of hydrogen-bond donors (Lipinski definition) is 5. The Bertz CT molecular complexity index is 4020. The molecule has 9 rings (SSSR count). The van der Waals surface area contributed by atoms with Crippen LogP contribution in [0.25, 0.3) is 0 Å². The molecule has 0 spiro atoms. The minimum atomic E-state index is -2.09. The van der Waals surface area contributed by atoms with Crippen LogP contribution in [0.5, 0.6) is 28.7 Å². The molecule has 5 N–H and O–H groups in total. The molecule has 0 saturated carbocycles. The second kappa shape index (κ2) is 54.6. The van der Waals surface area contributed by atoms with Gasteiger partial charge in [-0.05, 0) is 364 Å². The average molecular weight is 1790 g/mol. The van der Waals surface area contributed by atoms with E-state index in [9.17, 15) is 25.5 Å². The molecule has 122 heavy (non-hydrogen) atoms. The molecule has 3 unspecified atom stereocenters. The third kappa shape index (κ3) is 41.9. The first-order valence-electron chi connectivity index (χ1n) is 45.4. The largest absolute Gasteiger partial charge is 0.508 e. The van der Waals surface area contributed by atoms with Crippen LogP contribution in [0.1, 0.15) is 236 Å². The van der Waals surface area contributed by atoms with Gasteiger partial charge in [0, 0.05) is 10.9 Å². The minimum absolute atomic E-state index is 0.241. The van der Waals surface area contributed by atoms with Crippen molar-refractivity contribution in [3.8, 4) is 28.7 Å². The third-order valence-corrected chi connectivity index (χ3v) is 42.6. The molecule has 0 aromatic heterocycles. The molecular formula is C110H167O5P3S4+6. The number of phenolic OH excluding ortho intramolecular Hbond substituents is 5. The quantitative estimate of drug-likeness (QED) is 0.0155. The van der Waals surface area contributed by atoms with Crippen molar-refractivity contribution >= 4 is 114 Å². The van der Waals surface area contributed by atoms with Gasteiger partial charge in [0.1, 0.15) is 133 Å². The van der Waals surface area contributed by atoms with Crippen LogP contribution in [0.2, 0.25) is 0 Å². The van der Waals surface area contributed by atoms with Crippen molar-refractivity contribution in [2.75, 3.05) is 76.1 Å². The molecule has 5 nitrogen and oxygen atoms in total. The number of phenols is 5. The van der Waals surface area contributed by atoms with Crippen molar-refractivity contribution in [1.29, 1.82) is 0 Å². The summed E-state index contributed by atoms with van der Waals surface area (Å²) < 4.78 is 0. The maximum absolute atomic E-state index is 10.2. The molecular weight excluding hydrogens is 1620 g/mol. The van der Waals surface area contributed by atoms with E-state index < -0.39 is 22.4 Å². The second-order valence-electron chi connectivity index (χ2n) is 39.7. The SMILES string of the molecule is C=CC[S+](CC)CCCC(C)(C)C.CC(C)(C)CCC[P+](c1ccc(O)cc1)(c1ccc(O)cc1)c1ccc(O)cc1.CC(C)(C)CCC[P+](c1ccc(O)cc1)(c1ccc(O)cc1)c1ccc(P(c2ccccc2)c2ccccc2)cc1.CC[S+](C)CCCC(C)(C)C.CC[S+](CC)CCCC(C)(C)C.CC[S+](CCCC(C)(C)C)c1ccccc1. The Morgan fingerprint density at radius 3 is 0.795 bits per heavy atom. The van der Waals surface area contributed by atoms with Crippen LogP contribution in [-0.2, 0) is 43.6 Å². The molecule has 0 aliphatic carbocycles. The van der Waals surface area contributed by atoms with E-state index >= 15 is 0 Å². The van der Waals surface area contributed by atoms with Gasteiger partial charge in [-0.2, -0.15) is 0 Å². The summed E-state index contributed by atoms with van der Waals surface area (Å²) in [6.45, 7) is 57.0. The van der Waals surface area contributed by atoms with Gasteiger partial charge in [-0.3, -0.25) is 0 Å². The van der Waals surface area contributed by atoms with Crippen LogP contribution in [0, 0.1) is 32.5 Å². The van der Waals surface area contributed by atoms with Gasteiger partial charge in [-0.1, -0.05) is 210 Å². The van der Waals surface area contributed by atoms with Gasteiger partial charge < -0.3 is 25.5 Å². The summed E-state index contributed by atoms with van der Waals surface area (Å²) in [5, 5.41) is 61.3. The Kier molecular flexibility index (Phi) is 48.6. The number of benzene rings is 9. The standard InChI is InChI=1S/C37H38O2P2.C25H29O3P.C15H25S.C12H25S.C11H25S.C10H23S/c1-37(2,3)27-10-28-41(34-21-15-29(38)16-22-34,35-23-17-30(39)18-24-35)36-25-19-33(20-26-36)40(31-11-6-4-7-12-31)32-13-8-5-9-14-32;1-25(2,3)17-4-18-29(22-11-5-19(26)6-12-22,23-13-7-20(27)8-14-23)24-15-9-21(28)10-16-24;1-5-16(13-9-12-15(2,3)4)14-10-7-6-8-11-14;1-6-10-13(7-2)11-8-9-12(3,4)5;1-6-12(7-2)10-8-9-11(3,4)5;1-6-11(5)9-7-8-10(2,3)4/h4-9,11-26H,10,27-28H2,1-3H3,(H-,38,39);5-16H,4,17-18H2,1-3H3,(H2-,26,27,28);6-8,10-11H,5,9,12-13H2,1-4H3;6H,1,7-11H2,2-5H3;6-10H2,1-5H3;6-9H2,1-5H3/q;;4*+1/p+2. The van der Waals surface area contributed by atoms with Crippen molar-refractivity contribution in [2.24, 2.45) is 32.5 Å². The first kappa shape index (κ1) is 109. The van der Waals surface area contributed by atoms with Crippen LogP contribution in [0.4, 0.5) is 0 Å². The molecule has 0 saturated heterocycles. The van der Waals surface area contributed by atoms with E-state index in [0.29, 0.717) is 54.3 Å². The van der Waals surface area contributed by atoms with Crippen LogP contribution >= 0.6 is 22.4 Å². The van der Waals surface area contributed by atoms with Crippen molar-refractivity contribution in [2.45, 2.75) is 241 Å². The number of hydrogen-bond acceptors (Lipinski definition) is 5. The van der Waals surface area contributed by atoms with E-state index in [4.69, 9.17) is 0 Å². The van der Waals surface area contributed by atoms with Gasteiger partial charge in [0.05, 0.1) is 18.6 Å². The summed E-state index contributed by atoms with van der Waals surface area (Å²) in [6, 6.07) is 80.2. The van der Waals surface area contributed by atoms with Crippen molar-refractivity contribution < 1.29 is 25.5 Å². The summed E-state index contributed by atoms with van der Waals surface area (Å²) in [6.07, 6.45) is 21.8. The molecule has 3 atom stereocenters. The second-order valence-corrected chi connectivity index (χ2v) is 59.5. The van der Waals surface area contributed by atoms with Crippen LogP contribution in [0.3, 0.4) is 0 Å². The van der Waals surface area contributed by atoms with Gasteiger partial charge in [-0.25, -0.2) is 0 Å². The number of rotatable bonds is 35. The molecule has 9 aromatic carbocycles. The minimum Gasteiger partial charge on any atom is -0.508 e. The first-order chi connectivity index (χ1) is 57.4. The fourth-order valence-electron chi connectivity index (χ4n) is 14.8. The van der Waals surface area contributed by atoms with E-state index in [1.165, 1.54) is 157 Å². The fourth-order valence-corrected chi connectivity index (χ4v) is 31.6. The summed E-state index contributed by atoms with van der Waals surface area (Å²) in [7, 11) is -2.31. The van der Waals surface area contributed by atoms with E-state index in [-0.39, 0.29) is 39.6 Å². The van der Waals surface area contributed by atoms with Gasteiger partial charge >= 0.3 is 0 Å². The molecule has 0 heterocycles. The molecule has 9 aromatic rings. The van der Waals surface area contributed by atoms with Crippen LogP contribution in [-0.4, -0.2) is 102 Å². The normalized spacial score (nSPS) is 12.8. The highest BCUT2D eigenvalue weighted by molar-refractivity contribution is 7.98. The highest BCUT2D eigenvalue weighted by atomic mass is 32.2. The predicted molar refractivity (Wildman–Crippen MR) is 567 cm³/mol. The summed E-state index contributed by atoms with van der Waals surface area (Å²) in [5.74, 6) is 14.9. The number of aromatic hydroxyl groups is 5. The molecule has 0 fully saturated rings. The smallest absolute Gasteiger partial charge is 0.154 e. The first-order valence-corrected chi connectivity index (χ1v) is 57.7. The summed E-state index contributed by atoms with van der Waals surface area (Å²) in [4.78, 5) is 1.54. The Morgan fingerprint density at radius 1 is 0.287 bits per heavy atom. The molecule has 0 aliphatic heterocycles. The zero-order valence-electron chi connectivity index (χ0n) is 80.5. The highest BCUT2D eigenvalue weighted by Crippen LogP contribution is 2.58. The summed E-state index contributed by atoms with van der Waals surface area (Å²) in [5.41, 5.74) is 2.56. The molecule has 12 heteroatoms. The van der Waals surface area contributed by atoms with E-state index in [1.807, 2.05) is 60.7 Å². The fraction of sp³-hybridized carbons (Fsp3) is 0.491. The van der Waals surface area contributed by atoms with Crippen molar-refractivity contribution in [1.82, 2.24) is 0 Å². The topological polar surface area (TPSA) is 101 Å². The predicted octanol–water partition coefficient (Wildman–Crippen LogP) is 26.6. The monoisotopic (exact) mass is 1790 g/mol. The van der Waals surface area contributed by atoms with Gasteiger partial charge in [-0.15, -0.1) is 0 Å². The van der Waals surface area contributed by atoms with Crippen LogP contribution in [0.15, 0.2) is 254 Å². The Balaban J connectivity index is 0.000000335. The Hall–Kier alpha value is -5.59. The average Bonchev–Trinajstić information content (AvgIpc) is 0.488. The molecule has 0 aliphatic rings. The Morgan fingerprint density at radius 2 is 0.533 bits per heavy atom. The molecule has 0 radical (unpaired) electrons. The van der Waals surface area contributed by atoms with Gasteiger partial charge in [0.15, 0.2) is 4.90 Å². The zero-order chi connectivity index (χ0) is 90.8. The lowest BCUT2D eigenvalue weighted by Crippen LogP contribution is -2.34. The van der Waals surface area contributed by atoms with Crippen LogP contribution < -0.4 is 47.7 Å². The van der Waals surface area contributed by atoms with E-state index in [1.54, 1.807) is 41.3 Å². The van der Waals surface area contributed by atoms with Crippen molar-refractivity contribution in [3.63, 3.8) is 0 Å². The van der Waals surface area contributed by atoms with E-state index in [2.05, 4.69) is 318 Å². The Labute approximate surface area is 761 Å². The molecule has 670 valence electrons. The maximum Gasteiger partial charge on any atom is 0.154 e.